The number of hydrogen-bond donors (Lipinski definition) is 1. The van der Waals surface area contributed by atoms with Gasteiger partial charge < -0.3 is 10.2 Å². The van der Waals surface area contributed by atoms with E-state index in [1.54, 1.807) is 24.3 Å². The Morgan fingerprint density at radius 3 is 2.12 bits per heavy atom. The molecule has 2 rings (SSSR count). The van der Waals surface area contributed by atoms with E-state index in [2.05, 4.69) is 5.32 Å². The van der Waals surface area contributed by atoms with Crippen molar-refractivity contribution >= 4 is 29.1 Å². The lowest BCUT2D eigenvalue weighted by molar-refractivity contribution is -0.137. The number of halogens is 4. The molecule has 26 heavy (non-hydrogen) atoms. The second kappa shape index (κ2) is 8.23. The number of nitrogens with zero attached hydrogens (tertiary/aromatic N) is 1. The molecular weight excluding hydrogens is 369 g/mol. The highest BCUT2D eigenvalue weighted by atomic mass is 35.5. The first-order valence-corrected chi connectivity index (χ1v) is 8.05. The molecule has 0 heterocycles. The molecule has 0 atom stereocenters. The molecule has 2 aromatic rings. The van der Waals surface area contributed by atoms with Crippen molar-refractivity contribution in [1.29, 1.82) is 0 Å². The third-order valence-electron chi connectivity index (χ3n) is 3.61. The van der Waals surface area contributed by atoms with E-state index in [9.17, 15) is 22.8 Å². The van der Waals surface area contributed by atoms with Gasteiger partial charge in [-0.25, -0.2) is 0 Å². The number of amides is 2. The van der Waals surface area contributed by atoms with E-state index in [0.717, 1.165) is 24.3 Å². The summed E-state index contributed by atoms with van der Waals surface area (Å²) in [5, 5.41) is 3.12. The largest absolute Gasteiger partial charge is 0.416 e. The van der Waals surface area contributed by atoms with Crippen molar-refractivity contribution in [3.8, 4) is 0 Å². The molecule has 0 bridgehead atoms. The van der Waals surface area contributed by atoms with Gasteiger partial charge >= 0.3 is 6.18 Å². The van der Waals surface area contributed by atoms with E-state index in [0.29, 0.717) is 10.7 Å². The molecule has 0 aliphatic carbocycles. The number of alkyl halides is 3. The maximum Gasteiger partial charge on any atom is 0.416 e. The Balaban J connectivity index is 1.95. The fourth-order valence-electron chi connectivity index (χ4n) is 2.28. The first-order chi connectivity index (χ1) is 12.2. The van der Waals surface area contributed by atoms with Gasteiger partial charge in [0.15, 0.2) is 0 Å². The fraction of sp³-hybridized carbons (Fsp3) is 0.222. The van der Waals surface area contributed by atoms with Gasteiger partial charge in [-0.3, -0.25) is 9.59 Å². The molecule has 8 heteroatoms. The van der Waals surface area contributed by atoms with Crippen LogP contribution in [0.25, 0.3) is 0 Å². The van der Waals surface area contributed by atoms with Crippen LogP contribution in [0.1, 0.15) is 22.8 Å². The minimum atomic E-state index is -4.45. The topological polar surface area (TPSA) is 49.4 Å². The molecule has 0 aliphatic rings. The number of rotatable bonds is 5. The third kappa shape index (κ3) is 5.23. The van der Waals surface area contributed by atoms with E-state index < -0.39 is 17.6 Å². The summed E-state index contributed by atoms with van der Waals surface area (Å²) in [7, 11) is 0. The molecule has 0 radical (unpaired) electrons. The van der Waals surface area contributed by atoms with Crippen LogP contribution >= 0.6 is 11.6 Å². The number of carbonyl (C=O) groups is 2. The summed E-state index contributed by atoms with van der Waals surface area (Å²) in [6.07, 6.45) is -4.45. The second-order valence-corrected chi connectivity index (χ2v) is 5.91. The molecule has 0 spiro atoms. The molecular formula is C18H16ClF3N2O2. The van der Waals surface area contributed by atoms with Crippen molar-refractivity contribution in [2.75, 3.05) is 18.0 Å². The van der Waals surface area contributed by atoms with Crippen LogP contribution in [0.5, 0.6) is 0 Å². The van der Waals surface area contributed by atoms with Crippen LogP contribution in [-0.4, -0.2) is 24.9 Å². The average Bonchev–Trinajstić information content (AvgIpc) is 2.58. The fourth-order valence-corrected chi connectivity index (χ4v) is 2.41. The summed E-state index contributed by atoms with van der Waals surface area (Å²) in [5.74, 6) is -0.727. The Kier molecular flexibility index (Phi) is 6.26. The molecule has 0 fully saturated rings. The highest BCUT2D eigenvalue weighted by Crippen LogP contribution is 2.29. The Morgan fingerprint density at radius 2 is 1.62 bits per heavy atom. The Bertz CT molecular complexity index is 775. The van der Waals surface area contributed by atoms with Crippen molar-refractivity contribution < 1.29 is 22.8 Å². The molecule has 1 N–H and O–H groups in total. The van der Waals surface area contributed by atoms with E-state index in [1.165, 1.54) is 11.8 Å². The van der Waals surface area contributed by atoms with Gasteiger partial charge in [-0.2, -0.15) is 13.2 Å². The zero-order valence-corrected chi connectivity index (χ0v) is 14.6. The standard InChI is InChI=1S/C18H16ClF3N2O2/c1-12(25)24(16-8-6-15(19)7-9-16)11-10-23-17(26)13-2-4-14(5-3-13)18(20,21)22/h2-9H,10-11H2,1H3,(H,23,26). The number of carbonyl (C=O) groups excluding carboxylic acids is 2. The molecule has 138 valence electrons. The lowest BCUT2D eigenvalue weighted by atomic mass is 10.1. The maximum atomic E-state index is 12.5. The monoisotopic (exact) mass is 384 g/mol. The first-order valence-electron chi connectivity index (χ1n) is 7.67. The molecule has 0 aromatic heterocycles. The summed E-state index contributed by atoms with van der Waals surface area (Å²) in [6, 6.07) is 10.6. The maximum absolute atomic E-state index is 12.5. The lowest BCUT2D eigenvalue weighted by Gasteiger charge is -2.21. The molecule has 0 saturated heterocycles. The zero-order valence-electron chi connectivity index (χ0n) is 13.8. The molecule has 0 aliphatic heterocycles. The molecule has 4 nitrogen and oxygen atoms in total. The first kappa shape index (κ1) is 19.8. The van der Waals surface area contributed by atoms with E-state index in [1.807, 2.05) is 0 Å². The summed E-state index contributed by atoms with van der Waals surface area (Å²) in [5.41, 5.74) is -0.0795. The molecule has 0 unspecified atom stereocenters. The van der Waals surface area contributed by atoms with Crippen molar-refractivity contribution in [1.82, 2.24) is 5.32 Å². The number of anilines is 1. The Labute approximate surface area is 153 Å². The third-order valence-corrected chi connectivity index (χ3v) is 3.87. The van der Waals surface area contributed by atoms with Crippen molar-refractivity contribution in [3.63, 3.8) is 0 Å². The van der Waals surface area contributed by atoms with Crippen LogP contribution in [0, 0.1) is 0 Å². The van der Waals surface area contributed by atoms with Crippen molar-refractivity contribution in [2.45, 2.75) is 13.1 Å². The minimum Gasteiger partial charge on any atom is -0.350 e. The van der Waals surface area contributed by atoms with Crippen molar-refractivity contribution in [2.24, 2.45) is 0 Å². The average molecular weight is 385 g/mol. The predicted molar refractivity (Wildman–Crippen MR) is 93.3 cm³/mol. The number of benzene rings is 2. The van der Waals surface area contributed by atoms with Crippen LogP contribution in [0.2, 0.25) is 5.02 Å². The summed E-state index contributed by atoms with van der Waals surface area (Å²) < 4.78 is 37.6. The van der Waals surface area contributed by atoms with E-state index >= 15 is 0 Å². The van der Waals surface area contributed by atoms with Gasteiger partial charge in [-0.1, -0.05) is 11.6 Å². The van der Waals surface area contributed by atoms with Gasteiger partial charge in [-0.05, 0) is 48.5 Å². The van der Waals surface area contributed by atoms with Gasteiger partial charge in [-0.15, -0.1) is 0 Å². The predicted octanol–water partition coefficient (Wildman–Crippen LogP) is 4.14. The zero-order chi connectivity index (χ0) is 19.3. The number of hydrogen-bond acceptors (Lipinski definition) is 2. The SMILES string of the molecule is CC(=O)N(CCNC(=O)c1ccc(C(F)(F)F)cc1)c1ccc(Cl)cc1. The van der Waals surface area contributed by atoms with Crippen molar-refractivity contribution in [3.05, 3.63) is 64.7 Å². The van der Waals surface area contributed by atoms with Crippen LogP contribution < -0.4 is 10.2 Å². The summed E-state index contributed by atoms with van der Waals surface area (Å²) in [6.45, 7) is 1.75. The van der Waals surface area contributed by atoms with Crippen LogP contribution in [0.3, 0.4) is 0 Å². The Hall–Kier alpha value is -2.54. The minimum absolute atomic E-state index is 0.110. The van der Waals surface area contributed by atoms with Crippen LogP contribution in [-0.2, 0) is 11.0 Å². The molecule has 0 saturated carbocycles. The van der Waals surface area contributed by atoms with Gasteiger partial charge in [0.05, 0.1) is 5.56 Å². The van der Waals surface area contributed by atoms with Gasteiger partial charge in [0.2, 0.25) is 5.91 Å². The highest BCUT2D eigenvalue weighted by molar-refractivity contribution is 6.30. The van der Waals surface area contributed by atoms with Gasteiger partial charge in [0, 0.05) is 36.3 Å². The highest BCUT2D eigenvalue weighted by Gasteiger charge is 2.30. The quantitative estimate of drug-likeness (QED) is 0.842. The molecule has 2 aromatic carbocycles. The smallest absolute Gasteiger partial charge is 0.350 e. The summed E-state index contributed by atoms with van der Waals surface area (Å²) in [4.78, 5) is 25.3. The van der Waals surface area contributed by atoms with Gasteiger partial charge in [0.1, 0.15) is 0 Å². The van der Waals surface area contributed by atoms with Crippen LogP contribution in [0.4, 0.5) is 18.9 Å². The normalized spacial score (nSPS) is 11.1. The van der Waals surface area contributed by atoms with Crippen LogP contribution in [0.15, 0.2) is 48.5 Å². The number of nitrogens with one attached hydrogen (secondary N) is 1. The van der Waals surface area contributed by atoms with E-state index in [4.69, 9.17) is 11.6 Å². The lowest BCUT2D eigenvalue weighted by Crippen LogP contribution is -2.37. The Morgan fingerprint density at radius 1 is 1.04 bits per heavy atom. The van der Waals surface area contributed by atoms with Gasteiger partial charge in [0.25, 0.3) is 5.91 Å². The molecule has 2 amide bonds. The summed E-state index contributed by atoms with van der Waals surface area (Å²) >= 11 is 5.82. The second-order valence-electron chi connectivity index (χ2n) is 5.48. The van der Waals surface area contributed by atoms with E-state index in [-0.39, 0.29) is 24.6 Å².